The first-order valence-electron chi connectivity index (χ1n) is 7.20. The first-order chi connectivity index (χ1) is 10.6. The van der Waals surface area contributed by atoms with Crippen LogP contribution in [0.1, 0.15) is 21.5 Å². The molecule has 0 unspecified atom stereocenters. The molecular formula is C18H21NO2S. The van der Waals surface area contributed by atoms with Crippen LogP contribution in [0.15, 0.2) is 47.4 Å². The van der Waals surface area contributed by atoms with Crippen LogP contribution in [-0.2, 0) is 6.42 Å². The van der Waals surface area contributed by atoms with Gasteiger partial charge in [-0.15, -0.1) is 11.8 Å². The quantitative estimate of drug-likeness (QED) is 0.826. The smallest absolute Gasteiger partial charge is 0.251 e. The highest BCUT2D eigenvalue weighted by Crippen LogP contribution is 2.20. The third-order valence-corrected chi connectivity index (χ3v) is 4.21. The van der Waals surface area contributed by atoms with Crippen LogP contribution >= 0.6 is 11.8 Å². The molecule has 3 nitrogen and oxygen atoms in total. The number of methoxy groups -OCH3 is 1. The lowest BCUT2D eigenvalue weighted by Crippen LogP contribution is -2.25. The molecule has 0 heterocycles. The Labute approximate surface area is 136 Å². The second-order valence-electron chi connectivity index (χ2n) is 5.05. The molecule has 0 saturated carbocycles. The van der Waals surface area contributed by atoms with E-state index in [-0.39, 0.29) is 5.91 Å². The van der Waals surface area contributed by atoms with E-state index in [0.29, 0.717) is 12.1 Å². The molecule has 0 spiro atoms. The van der Waals surface area contributed by atoms with Gasteiger partial charge in [0.1, 0.15) is 5.75 Å². The summed E-state index contributed by atoms with van der Waals surface area (Å²) in [4.78, 5) is 13.3. The summed E-state index contributed by atoms with van der Waals surface area (Å²) in [6, 6.07) is 13.7. The van der Waals surface area contributed by atoms with Crippen LogP contribution in [0.5, 0.6) is 5.75 Å². The van der Waals surface area contributed by atoms with Crippen molar-refractivity contribution < 1.29 is 9.53 Å². The maximum Gasteiger partial charge on any atom is 0.251 e. The SMILES string of the molecule is COc1ccc(C)cc1CCNC(=O)c1ccc(SC)cc1. The second kappa shape index (κ2) is 7.90. The van der Waals surface area contributed by atoms with Crippen LogP contribution in [0.4, 0.5) is 0 Å². The van der Waals surface area contributed by atoms with E-state index in [9.17, 15) is 4.79 Å². The Hall–Kier alpha value is -1.94. The van der Waals surface area contributed by atoms with Crippen molar-refractivity contribution in [3.8, 4) is 5.75 Å². The average molecular weight is 315 g/mol. The van der Waals surface area contributed by atoms with Gasteiger partial charge in [-0.25, -0.2) is 0 Å². The maximum atomic E-state index is 12.1. The van der Waals surface area contributed by atoms with Crippen molar-refractivity contribution in [2.45, 2.75) is 18.2 Å². The second-order valence-corrected chi connectivity index (χ2v) is 5.93. The molecule has 0 fully saturated rings. The largest absolute Gasteiger partial charge is 0.496 e. The van der Waals surface area contributed by atoms with Gasteiger partial charge in [0.05, 0.1) is 7.11 Å². The molecule has 0 radical (unpaired) electrons. The number of hydrogen-bond acceptors (Lipinski definition) is 3. The Morgan fingerprint density at radius 2 is 1.91 bits per heavy atom. The van der Waals surface area contributed by atoms with Crippen molar-refractivity contribution in [1.29, 1.82) is 0 Å². The number of benzene rings is 2. The lowest BCUT2D eigenvalue weighted by molar-refractivity contribution is 0.0954. The number of carbonyl (C=O) groups is 1. The number of hydrogen-bond donors (Lipinski definition) is 1. The molecule has 2 rings (SSSR count). The van der Waals surface area contributed by atoms with Crippen molar-refractivity contribution in [1.82, 2.24) is 5.32 Å². The number of ether oxygens (including phenoxy) is 1. The van der Waals surface area contributed by atoms with E-state index < -0.39 is 0 Å². The maximum absolute atomic E-state index is 12.1. The molecule has 2 aromatic rings. The van der Waals surface area contributed by atoms with Crippen molar-refractivity contribution in [2.75, 3.05) is 19.9 Å². The Morgan fingerprint density at radius 1 is 1.18 bits per heavy atom. The summed E-state index contributed by atoms with van der Waals surface area (Å²) in [5.74, 6) is 0.823. The molecule has 0 aromatic heterocycles. The van der Waals surface area contributed by atoms with E-state index in [2.05, 4.69) is 18.3 Å². The molecule has 0 saturated heterocycles. The van der Waals surface area contributed by atoms with Gasteiger partial charge in [-0.3, -0.25) is 4.79 Å². The zero-order chi connectivity index (χ0) is 15.9. The summed E-state index contributed by atoms with van der Waals surface area (Å²) in [5, 5.41) is 2.95. The number of thioether (sulfide) groups is 1. The Bertz CT molecular complexity index is 638. The molecule has 0 bridgehead atoms. The fraction of sp³-hybridized carbons (Fsp3) is 0.278. The normalized spacial score (nSPS) is 10.3. The highest BCUT2D eigenvalue weighted by Gasteiger charge is 2.07. The zero-order valence-electron chi connectivity index (χ0n) is 13.2. The van der Waals surface area contributed by atoms with Gasteiger partial charge < -0.3 is 10.1 Å². The highest BCUT2D eigenvalue weighted by molar-refractivity contribution is 7.98. The van der Waals surface area contributed by atoms with E-state index in [1.807, 2.05) is 42.7 Å². The molecule has 0 aliphatic heterocycles. The highest BCUT2D eigenvalue weighted by atomic mass is 32.2. The summed E-state index contributed by atoms with van der Waals surface area (Å²) in [5.41, 5.74) is 2.99. The third-order valence-electron chi connectivity index (χ3n) is 3.47. The molecule has 22 heavy (non-hydrogen) atoms. The minimum Gasteiger partial charge on any atom is -0.496 e. The van der Waals surface area contributed by atoms with Crippen LogP contribution in [0.2, 0.25) is 0 Å². The number of carbonyl (C=O) groups excluding carboxylic acids is 1. The lowest BCUT2D eigenvalue weighted by atomic mass is 10.1. The predicted octanol–water partition coefficient (Wildman–Crippen LogP) is 3.70. The number of nitrogens with one attached hydrogen (secondary N) is 1. The minimum absolute atomic E-state index is 0.0423. The zero-order valence-corrected chi connectivity index (χ0v) is 14.0. The van der Waals surface area contributed by atoms with E-state index in [0.717, 1.165) is 22.6 Å². The molecule has 0 aliphatic carbocycles. The predicted molar refractivity (Wildman–Crippen MR) is 92.0 cm³/mol. The lowest BCUT2D eigenvalue weighted by Gasteiger charge is -2.10. The molecule has 2 aromatic carbocycles. The first kappa shape index (κ1) is 16.4. The molecule has 1 amide bonds. The minimum atomic E-state index is -0.0423. The van der Waals surface area contributed by atoms with E-state index >= 15 is 0 Å². The third kappa shape index (κ3) is 4.28. The first-order valence-corrected chi connectivity index (χ1v) is 8.42. The molecule has 0 aliphatic rings. The average Bonchev–Trinajstić information content (AvgIpc) is 2.55. The van der Waals surface area contributed by atoms with Gasteiger partial charge in [0.25, 0.3) is 5.91 Å². The van der Waals surface area contributed by atoms with Crippen molar-refractivity contribution in [3.63, 3.8) is 0 Å². The van der Waals surface area contributed by atoms with E-state index in [1.54, 1.807) is 18.9 Å². The summed E-state index contributed by atoms with van der Waals surface area (Å²) in [6.07, 6.45) is 2.77. The standard InChI is InChI=1S/C18H21NO2S/c1-13-4-9-17(21-2)15(12-13)10-11-19-18(20)14-5-7-16(22-3)8-6-14/h4-9,12H,10-11H2,1-3H3,(H,19,20). The van der Waals surface area contributed by atoms with Gasteiger partial charge in [0.15, 0.2) is 0 Å². The molecule has 116 valence electrons. The van der Waals surface area contributed by atoms with E-state index in [4.69, 9.17) is 4.74 Å². The van der Waals surface area contributed by atoms with Crippen molar-refractivity contribution in [2.24, 2.45) is 0 Å². The Balaban J connectivity index is 1.92. The Morgan fingerprint density at radius 3 is 2.55 bits per heavy atom. The Kier molecular flexibility index (Phi) is 5.90. The van der Waals surface area contributed by atoms with Crippen molar-refractivity contribution in [3.05, 3.63) is 59.2 Å². The van der Waals surface area contributed by atoms with Gasteiger partial charge in [0, 0.05) is 17.0 Å². The molecule has 1 N–H and O–H groups in total. The summed E-state index contributed by atoms with van der Waals surface area (Å²) in [7, 11) is 1.67. The number of rotatable bonds is 6. The number of amides is 1. The monoisotopic (exact) mass is 315 g/mol. The fourth-order valence-corrected chi connectivity index (χ4v) is 2.67. The molecular weight excluding hydrogens is 294 g/mol. The summed E-state index contributed by atoms with van der Waals surface area (Å²) in [6.45, 7) is 2.64. The van der Waals surface area contributed by atoms with Crippen molar-refractivity contribution >= 4 is 17.7 Å². The van der Waals surface area contributed by atoms with E-state index in [1.165, 1.54) is 5.56 Å². The van der Waals surface area contributed by atoms with Gasteiger partial charge in [-0.05, 0) is 55.5 Å². The van der Waals surface area contributed by atoms with Gasteiger partial charge in [-0.1, -0.05) is 17.7 Å². The van der Waals surface area contributed by atoms with Crippen LogP contribution < -0.4 is 10.1 Å². The number of aryl methyl sites for hydroxylation is 1. The topological polar surface area (TPSA) is 38.3 Å². The van der Waals surface area contributed by atoms with Crippen LogP contribution in [0.25, 0.3) is 0 Å². The molecule has 0 atom stereocenters. The van der Waals surface area contributed by atoms with Gasteiger partial charge in [0.2, 0.25) is 0 Å². The summed E-state index contributed by atoms with van der Waals surface area (Å²) >= 11 is 1.66. The van der Waals surface area contributed by atoms with Crippen LogP contribution in [0, 0.1) is 6.92 Å². The summed E-state index contributed by atoms with van der Waals surface area (Å²) < 4.78 is 5.35. The van der Waals surface area contributed by atoms with Gasteiger partial charge in [-0.2, -0.15) is 0 Å². The van der Waals surface area contributed by atoms with Crippen LogP contribution in [-0.4, -0.2) is 25.8 Å². The molecule has 4 heteroatoms. The fourth-order valence-electron chi connectivity index (χ4n) is 2.26. The van der Waals surface area contributed by atoms with Gasteiger partial charge >= 0.3 is 0 Å². The van der Waals surface area contributed by atoms with Crippen LogP contribution in [0.3, 0.4) is 0 Å².